The summed E-state index contributed by atoms with van der Waals surface area (Å²) >= 11 is 3.27. The summed E-state index contributed by atoms with van der Waals surface area (Å²) in [5, 5.41) is 0. The number of benzene rings is 3. The maximum atomic E-state index is 12.6. The van der Waals surface area contributed by atoms with E-state index in [9.17, 15) is 18.0 Å². The van der Waals surface area contributed by atoms with Crippen LogP contribution in [-0.2, 0) is 10.0 Å². The van der Waals surface area contributed by atoms with Crippen LogP contribution < -0.4 is 15.6 Å². The van der Waals surface area contributed by atoms with Crippen molar-refractivity contribution in [2.45, 2.75) is 11.8 Å². The van der Waals surface area contributed by atoms with Crippen molar-refractivity contribution in [3.05, 3.63) is 94.0 Å². The third-order valence-corrected chi connectivity index (χ3v) is 6.30. The molecule has 0 radical (unpaired) electrons. The van der Waals surface area contributed by atoms with Gasteiger partial charge in [0, 0.05) is 10.0 Å². The van der Waals surface area contributed by atoms with Gasteiger partial charge >= 0.3 is 0 Å². The summed E-state index contributed by atoms with van der Waals surface area (Å²) in [5.41, 5.74) is 6.45. The normalized spacial score (nSPS) is 10.9. The first-order valence-electron chi connectivity index (χ1n) is 8.81. The molecular weight excluding hydrogens is 470 g/mol. The van der Waals surface area contributed by atoms with Crippen LogP contribution in [0.2, 0.25) is 0 Å². The number of carbonyl (C=O) groups excluding carboxylic acids is 2. The predicted molar refractivity (Wildman–Crippen MR) is 118 cm³/mol. The van der Waals surface area contributed by atoms with Crippen LogP contribution in [0, 0.1) is 6.92 Å². The van der Waals surface area contributed by atoms with E-state index in [2.05, 4.69) is 31.5 Å². The van der Waals surface area contributed by atoms with Crippen LogP contribution >= 0.6 is 15.9 Å². The Kier molecular flexibility index (Phi) is 6.53. The summed E-state index contributed by atoms with van der Waals surface area (Å²) in [7, 11) is -3.80. The summed E-state index contributed by atoms with van der Waals surface area (Å²) in [6.07, 6.45) is 0. The van der Waals surface area contributed by atoms with Crippen molar-refractivity contribution in [2.75, 3.05) is 4.72 Å². The van der Waals surface area contributed by atoms with Crippen LogP contribution in [0.3, 0.4) is 0 Å². The predicted octanol–water partition coefficient (Wildman–Crippen LogP) is 3.63. The molecule has 2 amide bonds. The molecular formula is C21H18BrN3O4S. The van der Waals surface area contributed by atoms with Crippen molar-refractivity contribution >= 4 is 43.5 Å². The zero-order chi connectivity index (χ0) is 21.7. The second-order valence-electron chi connectivity index (χ2n) is 6.33. The molecule has 0 aliphatic rings. The fraction of sp³-hybridized carbons (Fsp3) is 0.0476. The Bertz CT molecular complexity index is 1190. The summed E-state index contributed by atoms with van der Waals surface area (Å²) < 4.78 is 28.2. The van der Waals surface area contributed by atoms with Crippen molar-refractivity contribution in [3.8, 4) is 0 Å². The van der Waals surface area contributed by atoms with E-state index in [0.29, 0.717) is 15.7 Å². The van der Waals surface area contributed by atoms with Crippen molar-refractivity contribution in [1.82, 2.24) is 10.9 Å². The Morgan fingerprint density at radius 2 is 1.40 bits per heavy atom. The smallest absolute Gasteiger partial charge is 0.270 e. The van der Waals surface area contributed by atoms with Crippen LogP contribution in [0.25, 0.3) is 0 Å². The molecule has 0 unspecified atom stereocenters. The Labute approximate surface area is 182 Å². The number of hydrazine groups is 1. The number of anilines is 1. The molecule has 30 heavy (non-hydrogen) atoms. The molecule has 154 valence electrons. The molecule has 3 aromatic carbocycles. The third-order valence-electron chi connectivity index (χ3n) is 4.22. The zero-order valence-electron chi connectivity index (χ0n) is 15.8. The number of sulfonamides is 1. The molecule has 0 aliphatic carbocycles. The first-order valence-corrected chi connectivity index (χ1v) is 11.1. The molecule has 3 N–H and O–H groups in total. The molecule has 7 nitrogen and oxygen atoms in total. The minimum atomic E-state index is -3.80. The average Bonchev–Trinajstić information content (AvgIpc) is 2.74. The van der Waals surface area contributed by atoms with Gasteiger partial charge in [-0.25, -0.2) is 8.42 Å². The molecule has 0 saturated heterocycles. The summed E-state index contributed by atoms with van der Waals surface area (Å²) in [5.74, 6) is -1.07. The summed E-state index contributed by atoms with van der Waals surface area (Å²) in [6, 6.07) is 19.2. The molecule has 0 bridgehead atoms. The quantitative estimate of drug-likeness (QED) is 0.477. The van der Waals surface area contributed by atoms with Gasteiger partial charge in [0.05, 0.1) is 16.1 Å². The molecule has 0 saturated carbocycles. The minimum Gasteiger partial charge on any atom is -0.279 e. The van der Waals surface area contributed by atoms with Crippen LogP contribution in [0.5, 0.6) is 0 Å². The Balaban J connectivity index is 1.66. The average molecular weight is 488 g/mol. The second kappa shape index (κ2) is 9.10. The number of halogens is 1. The summed E-state index contributed by atoms with van der Waals surface area (Å²) in [4.78, 5) is 24.4. The van der Waals surface area contributed by atoms with Gasteiger partial charge in [0.15, 0.2) is 0 Å². The molecule has 0 aliphatic heterocycles. The van der Waals surface area contributed by atoms with E-state index in [-0.39, 0.29) is 10.5 Å². The van der Waals surface area contributed by atoms with Crippen molar-refractivity contribution in [3.63, 3.8) is 0 Å². The van der Waals surface area contributed by atoms with Crippen molar-refractivity contribution in [2.24, 2.45) is 0 Å². The molecule has 0 fully saturated rings. The van der Waals surface area contributed by atoms with Gasteiger partial charge in [-0.3, -0.25) is 25.2 Å². The number of rotatable bonds is 5. The number of hydrogen-bond acceptors (Lipinski definition) is 4. The van der Waals surface area contributed by atoms with Gasteiger partial charge in [0.2, 0.25) is 0 Å². The number of carbonyl (C=O) groups is 2. The maximum Gasteiger partial charge on any atom is 0.270 e. The zero-order valence-corrected chi connectivity index (χ0v) is 18.2. The standard InChI is InChI=1S/C21H18BrN3O4S/c1-14-6-2-5-9-19(14)25-30(28,29)16-12-10-15(11-13-16)20(26)23-24-21(27)17-7-3-4-8-18(17)22/h2-13,25H,1H3,(H,23,26)(H,24,27). The van der Waals surface area contributed by atoms with E-state index in [1.807, 2.05) is 6.07 Å². The number of hydrogen-bond donors (Lipinski definition) is 3. The lowest BCUT2D eigenvalue weighted by Gasteiger charge is -2.11. The molecule has 3 aromatic rings. The largest absolute Gasteiger partial charge is 0.279 e. The van der Waals surface area contributed by atoms with Crippen LogP contribution in [-0.4, -0.2) is 20.2 Å². The number of amides is 2. The highest BCUT2D eigenvalue weighted by Crippen LogP contribution is 2.20. The maximum absolute atomic E-state index is 12.6. The van der Waals surface area contributed by atoms with Crippen LogP contribution in [0.1, 0.15) is 26.3 Å². The highest BCUT2D eigenvalue weighted by Gasteiger charge is 2.17. The first kappa shape index (κ1) is 21.5. The lowest BCUT2D eigenvalue weighted by molar-refractivity contribution is 0.0846. The van der Waals surface area contributed by atoms with Crippen LogP contribution in [0.4, 0.5) is 5.69 Å². The van der Waals surface area contributed by atoms with Gasteiger partial charge < -0.3 is 0 Å². The Morgan fingerprint density at radius 1 is 0.800 bits per heavy atom. The van der Waals surface area contributed by atoms with E-state index in [4.69, 9.17) is 0 Å². The summed E-state index contributed by atoms with van der Waals surface area (Å²) in [6.45, 7) is 1.80. The number of aryl methyl sites for hydroxylation is 1. The molecule has 0 heterocycles. The lowest BCUT2D eigenvalue weighted by atomic mass is 10.2. The molecule has 3 rings (SSSR count). The highest BCUT2D eigenvalue weighted by atomic mass is 79.9. The fourth-order valence-corrected chi connectivity index (χ4v) is 4.17. The van der Waals surface area contributed by atoms with Gasteiger partial charge in [-0.15, -0.1) is 0 Å². The lowest BCUT2D eigenvalue weighted by Crippen LogP contribution is -2.41. The Hall–Kier alpha value is -3.17. The second-order valence-corrected chi connectivity index (χ2v) is 8.87. The SMILES string of the molecule is Cc1ccccc1NS(=O)(=O)c1ccc(C(=O)NNC(=O)c2ccccc2Br)cc1. The number of para-hydroxylation sites is 1. The number of nitrogens with one attached hydrogen (secondary N) is 3. The first-order chi connectivity index (χ1) is 14.3. The molecule has 0 spiro atoms. The molecule has 9 heteroatoms. The molecule has 0 atom stereocenters. The van der Waals surface area contributed by atoms with Gasteiger partial charge in [0.1, 0.15) is 0 Å². The van der Waals surface area contributed by atoms with Crippen molar-refractivity contribution in [1.29, 1.82) is 0 Å². The third kappa shape index (κ3) is 5.05. The van der Waals surface area contributed by atoms with E-state index in [1.54, 1.807) is 49.4 Å². The van der Waals surface area contributed by atoms with E-state index in [1.165, 1.54) is 24.3 Å². The minimum absolute atomic E-state index is 0.0135. The van der Waals surface area contributed by atoms with E-state index in [0.717, 1.165) is 5.56 Å². The fourth-order valence-electron chi connectivity index (χ4n) is 2.57. The van der Waals surface area contributed by atoms with Crippen LogP contribution in [0.15, 0.2) is 82.2 Å². The van der Waals surface area contributed by atoms with E-state index < -0.39 is 21.8 Å². The van der Waals surface area contributed by atoms with Gasteiger partial charge in [-0.1, -0.05) is 30.3 Å². The van der Waals surface area contributed by atoms with Crippen molar-refractivity contribution < 1.29 is 18.0 Å². The topological polar surface area (TPSA) is 104 Å². The van der Waals surface area contributed by atoms with Gasteiger partial charge in [-0.05, 0) is 70.9 Å². The van der Waals surface area contributed by atoms with Gasteiger partial charge in [0.25, 0.3) is 21.8 Å². The Morgan fingerprint density at radius 3 is 2.07 bits per heavy atom. The molecule has 0 aromatic heterocycles. The van der Waals surface area contributed by atoms with Gasteiger partial charge in [-0.2, -0.15) is 0 Å². The monoisotopic (exact) mass is 487 g/mol. The highest BCUT2D eigenvalue weighted by molar-refractivity contribution is 9.10. The van der Waals surface area contributed by atoms with E-state index >= 15 is 0 Å².